The minimum Gasteiger partial charge on any atom is -0.451 e. The first kappa shape index (κ1) is 19.9. The molecule has 152 valence electrons. The van der Waals surface area contributed by atoms with Crippen LogP contribution < -0.4 is 0 Å². The summed E-state index contributed by atoms with van der Waals surface area (Å²) in [5.74, 6) is 0.584. The fourth-order valence-electron chi connectivity index (χ4n) is 7.13. The van der Waals surface area contributed by atoms with E-state index in [0.717, 1.165) is 31.3 Å². The van der Waals surface area contributed by atoms with E-state index in [2.05, 4.69) is 19.9 Å². The molecule has 4 rings (SSSR count). The molecule has 2 saturated carbocycles. The third-order valence-electron chi connectivity index (χ3n) is 8.56. The number of ether oxygens (including phenoxy) is 1. The molecular formula is C23H29ClO4. The van der Waals surface area contributed by atoms with Gasteiger partial charge in [-0.05, 0) is 73.8 Å². The van der Waals surface area contributed by atoms with Gasteiger partial charge < -0.3 is 4.74 Å². The highest BCUT2D eigenvalue weighted by atomic mass is 35.5. The summed E-state index contributed by atoms with van der Waals surface area (Å²) in [7, 11) is 0. The van der Waals surface area contributed by atoms with Crippen molar-refractivity contribution >= 4 is 29.1 Å². The van der Waals surface area contributed by atoms with Crippen molar-refractivity contribution in [3.05, 3.63) is 22.8 Å². The Labute approximate surface area is 171 Å². The van der Waals surface area contributed by atoms with Crippen LogP contribution in [0.4, 0.5) is 0 Å². The molecule has 0 N–H and O–H groups in total. The van der Waals surface area contributed by atoms with Crippen molar-refractivity contribution in [1.82, 2.24) is 0 Å². The van der Waals surface area contributed by atoms with E-state index in [1.54, 1.807) is 13.0 Å². The van der Waals surface area contributed by atoms with E-state index in [1.807, 2.05) is 0 Å². The van der Waals surface area contributed by atoms with Crippen LogP contribution in [-0.2, 0) is 19.1 Å². The highest BCUT2D eigenvalue weighted by Gasteiger charge is 2.67. The van der Waals surface area contributed by atoms with Crippen molar-refractivity contribution < 1.29 is 19.1 Å². The monoisotopic (exact) mass is 404 g/mol. The quantitative estimate of drug-likeness (QED) is 0.623. The van der Waals surface area contributed by atoms with Crippen LogP contribution in [0.1, 0.15) is 66.2 Å². The van der Waals surface area contributed by atoms with Crippen molar-refractivity contribution in [2.24, 2.45) is 28.6 Å². The van der Waals surface area contributed by atoms with Gasteiger partial charge in [-0.25, -0.2) is 0 Å². The van der Waals surface area contributed by atoms with Gasteiger partial charge in [-0.3, -0.25) is 14.4 Å². The summed E-state index contributed by atoms with van der Waals surface area (Å²) < 4.78 is 5.79. The van der Waals surface area contributed by atoms with Crippen LogP contribution in [0.25, 0.3) is 0 Å². The Balaban J connectivity index is 1.79. The predicted octanol–water partition coefficient (Wildman–Crippen LogP) is 4.75. The summed E-state index contributed by atoms with van der Waals surface area (Å²) >= 11 is 6.71. The summed E-state index contributed by atoms with van der Waals surface area (Å²) in [5.41, 5.74) is -0.532. The second kappa shape index (κ2) is 6.29. The second-order valence-electron chi connectivity index (χ2n) is 9.72. The standard InChI is InChI=1S/C23H29ClO4/c1-13(25)23(28-14(2)26)10-7-18-16-12-20(24)19-11-15(27)5-8-21(19,3)17(16)6-9-22(18,23)4/h11-12,16-18H,5-10H2,1-4H3/t16-,17+,18?,21-,22+,23+/m1/s1. The minimum absolute atomic E-state index is 0.0490. The number of allylic oxidation sites excluding steroid dienone is 4. The van der Waals surface area contributed by atoms with Gasteiger partial charge in [-0.2, -0.15) is 0 Å². The van der Waals surface area contributed by atoms with Crippen molar-refractivity contribution in [3.8, 4) is 0 Å². The number of ketones is 2. The zero-order valence-corrected chi connectivity index (χ0v) is 17.9. The average Bonchev–Trinajstić information content (AvgIpc) is 2.90. The molecular weight excluding hydrogens is 376 g/mol. The van der Waals surface area contributed by atoms with Crippen molar-refractivity contribution in [2.45, 2.75) is 71.8 Å². The maximum atomic E-state index is 12.7. The summed E-state index contributed by atoms with van der Waals surface area (Å²) in [6.07, 6.45) is 8.48. The summed E-state index contributed by atoms with van der Waals surface area (Å²) in [6, 6.07) is 0. The van der Waals surface area contributed by atoms with E-state index >= 15 is 0 Å². The zero-order chi connectivity index (χ0) is 20.5. The lowest BCUT2D eigenvalue weighted by molar-refractivity contribution is -0.185. The van der Waals surface area contributed by atoms with Gasteiger partial charge in [0.05, 0.1) is 0 Å². The van der Waals surface area contributed by atoms with Gasteiger partial charge >= 0.3 is 5.97 Å². The lowest BCUT2D eigenvalue weighted by Gasteiger charge is -2.57. The summed E-state index contributed by atoms with van der Waals surface area (Å²) in [5, 5.41) is 0.689. The molecule has 0 bridgehead atoms. The van der Waals surface area contributed by atoms with E-state index in [9.17, 15) is 14.4 Å². The van der Waals surface area contributed by atoms with E-state index < -0.39 is 5.60 Å². The first-order valence-corrected chi connectivity index (χ1v) is 10.8. The van der Waals surface area contributed by atoms with E-state index in [4.69, 9.17) is 16.3 Å². The third-order valence-corrected chi connectivity index (χ3v) is 8.89. The van der Waals surface area contributed by atoms with Gasteiger partial charge in [-0.15, -0.1) is 0 Å². The number of carbonyl (C=O) groups is 3. The molecule has 0 aromatic heterocycles. The summed E-state index contributed by atoms with van der Waals surface area (Å²) in [6.45, 7) is 7.33. The molecule has 5 heteroatoms. The van der Waals surface area contributed by atoms with Crippen LogP contribution in [0.15, 0.2) is 22.8 Å². The molecule has 4 aliphatic rings. The van der Waals surface area contributed by atoms with Gasteiger partial charge in [0.1, 0.15) is 0 Å². The first-order valence-electron chi connectivity index (χ1n) is 10.4. The smallest absolute Gasteiger partial charge is 0.303 e. The third kappa shape index (κ3) is 2.46. The number of esters is 1. The molecule has 2 fully saturated rings. The number of carbonyl (C=O) groups excluding carboxylic acids is 3. The van der Waals surface area contributed by atoms with Crippen molar-refractivity contribution in [1.29, 1.82) is 0 Å². The van der Waals surface area contributed by atoms with Gasteiger partial charge in [0, 0.05) is 23.8 Å². The van der Waals surface area contributed by atoms with Crippen LogP contribution in [0.3, 0.4) is 0 Å². The van der Waals surface area contributed by atoms with E-state index in [1.165, 1.54) is 6.92 Å². The Bertz CT molecular complexity index is 826. The number of halogens is 1. The molecule has 1 unspecified atom stereocenters. The molecule has 0 aromatic rings. The molecule has 0 spiro atoms. The second-order valence-corrected chi connectivity index (χ2v) is 10.1. The van der Waals surface area contributed by atoms with Crippen LogP contribution in [-0.4, -0.2) is 23.1 Å². The van der Waals surface area contributed by atoms with Crippen molar-refractivity contribution in [2.75, 3.05) is 0 Å². The van der Waals surface area contributed by atoms with Crippen LogP contribution in [0.2, 0.25) is 0 Å². The van der Waals surface area contributed by atoms with Crippen LogP contribution >= 0.6 is 11.6 Å². The summed E-state index contributed by atoms with van der Waals surface area (Å²) in [4.78, 5) is 36.6. The molecule has 4 nitrogen and oxygen atoms in total. The molecule has 0 heterocycles. The van der Waals surface area contributed by atoms with Gasteiger partial charge in [-0.1, -0.05) is 31.5 Å². The lowest BCUT2D eigenvalue weighted by atomic mass is 9.48. The Morgan fingerprint density at radius 3 is 2.43 bits per heavy atom. The van der Waals surface area contributed by atoms with E-state index in [-0.39, 0.29) is 40.2 Å². The molecule has 0 aliphatic heterocycles. The van der Waals surface area contributed by atoms with Gasteiger partial charge in [0.2, 0.25) is 0 Å². The number of rotatable bonds is 2. The Morgan fingerprint density at radius 1 is 1.11 bits per heavy atom. The largest absolute Gasteiger partial charge is 0.451 e. The van der Waals surface area contributed by atoms with Gasteiger partial charge in [0.25, 0.3) is 0 Å². The molecule has 0 aromatic carbocycles. The number of hydrogen-bond donors (Lipinski definition) is 0. The number of fused-ring (bicyclic) bond motifs is 5. The number of Topliss-reactive ketones (excluding diaryl/α,β-unsaturated/α-hetero) is 1. The fourth-order valence-corrected chi connectivity index (χ4v) is 7.55. The maximum Gasteiger partial charge on any atom is 0.303 e. The molecule has 0 saturated heterocycles. The zero-order valence-electron chi connectivity index (χ0n) is 17.1. The molecule has 6 atom stereocenters. The number of hydrogen-bond acceptors (Lipinski definition) is 4. The minimum atomic E-state index is -1.03. The Hall–Kier alpha value is -1.42. The van der Waals surface area contributed by atoms with Gasteiger partial charge in [0.15, 0.2) is 17.2 Å². The lowest BCUT2D eigenvalue weighted by Crippen LogP contribution is -2.58. The molecule has 0 amide bonds. The molecule has 0 radical (unpaired) electrons. The first-order chi connectivity index (χ1) is 13.0. The van der Waals surface area contributed by atoms with Crippen LogP contribution in [0, 0.1) is 28.6 Å². The maximum absolute atomic E-state index is 12.7. The average molecular weight is 405 g/mol. The SMILES string of the molecule is CC(=O)O[C@]1(C(C)=O)CCC2[C@@H]3C=C(Cl)C4=CC(=O)CC[C@]4(C)[C@H]3CC[C@@]21C. The Morgan fingerprint density at radius 2 is 1.79 bits per heavy atom. The molecule has 4 aliphatic carbocycles. The highest BCUT2D eigenvalue weighted by molar-refractivity contribution is 6.32. The molecule has 28 heavy (non-hydrogen) atoms. The predicted molar refractivity (Wildman–Crippen MR) is 107 cm³/mol. The topological polar surface area (TPSA) is 60.4 Å². The Kier molecular flexibility index (Phi) is 4.46. The normalized spacial score (nSPS) is 44.6. The van der Waals surface area contributed by atoms with E-state index in [0.29, 0.717) is 23.8 Å². The highest BCUT2D eigenvalue weighted by Crippen LogP contribution is 2.68. The van der Waals surface area contributed by atoms with Crippen LogP contribution in [0.5, 0.6) is 0 Å². The van der Waals surface area contributed by atoms with Crippen molar-refractivity contribution in [3.63, 3.8) is 0 Å². The fraction of sp³-hybridized carbons (Fsp3) is 0.696.